The lowest BCUT2D eigenvalue weighted by molar-refractivity contribution is 0.0888. The van der Waals surface area contributed by atoms with Crippen LogP contribution in [0, 0.1) is 6.92 Å². The molecule has 0 unspecified atom stereocenters. The van der Waals surface area contributed by atoms with Crippen LogP contribution in [0.5, 0.6) is 0 Å². The van der Waals surface area contributed by atoms with Crippen LogP contribution in [0.4, 0.5) is 0 Å². The molecule has 0 radical (unpaired) electrons. The van der Waals surface area contributed by atoms with Crippen LogP contribution < -0.4 is 10.9 Å². The number of aromatic nitrogens is 2. The summed E-state index contributed by atoms with van der Waals surface area (Å²) < 4.78 is 10.3. The van der Waals surface area contributed by atoms with E-state index >= 15 is 0 Å². The highest BCUT2D eigenvalue weighted by Crippen LogP contribution is 2.37. The molecule has 1 saturated carbocycles. The maximum absolute atomic E-state index is 12.8. The normalized spacial score (nSPS) is 16.2. The van der Waals surface area contributed by atoms with Crippen LogP contribution in [0.3, 0.4) is 0 Å². The highest BCUT2D eigenvalue weighted by atomic mass is 16.5. The SMILES string of the molecule is Cc1nc(C2(NC(=O)c3cc4ccccc4oc3=O)CCCC2)no1. The lowest BCUT2D eigenvalue weighted by Crippen LogP contribution is -2.45. The van der Waals surface area contributed by atoms with Gasteiger partial charge in [0.2, 0.25) is 5.89 Å². The van der Waals surface area contributed by atoms with Gasteiger partial charge in [-0.05, 0) is 25.0 Å². The van der Waals surface area contributed by atoms with Crippen molar-refractivity contribution < 1.29 is 13.7 Å². The molecule has 3 aromatic rings. The van der Waals surface area contributed by atoms with Gasteiger partial charge in [-0.3, -0.25) is 4.79 Å². The average molecular weight is 339 g/mol. The Kier molecular flexibility index (Phi) is 3.63. The van der Waals surface area contributed by atoms with Crippen molar-refractivity contribution in [2.75, 3.05) is 0 Å². The van der Waals surface area contributed by atoms with E-state index in [-0.39, 0.29) is 5.56 Å². The first kappa shape index (κ1) is 15.6. The topological polar surface area (TPSA) is 98.2 Å². The van der Waals surface area contributed by atoms with Crippen molar-refractivity contribution >= 4 is 16.9 Å². The van der Waals surface area contributed by atoms with Gasteiger partial charge in [0.15, 0.2) is 5.82 Å². The number of hydrogen-bond donors (Lipinski definition) is 1. The third-order valence-electron chi connectivity index (χ3n) is 4.65. The Morgan fingerprint density at radius 3 is 2.72 bits per heavy atom. The fraction of sp³-hybridized carbons (Fsp3) is 0.333. The van der Waals surface area contributed by atoms with Gasteiger partial charge in [0.05, 0.1) is 0 Å². The molecule has 1 aliphatic carbocycles. The van der Waals surface area contributed by atoms with Crippen LogP contribution in [-0.4, -0.2) is 16.0 Å². The van der Waals surface area contributed by atoms with Crippen molar-refractivity contribution in [2.24, 2.45) is 0 Å². The second-order valence-corrected chi connectivity index (χ2v) is 6.37. The summed E-state index contributed by atoms with van der Waals surface area (Å²) in [6.45, 7) is 1.71. The number of aryl methyl sites for hydroxylation is 1. The fourth-order valence-electron chi connectivity index (χ4n) is 3.38. The van der Waals surface area contributed by atoms with Crippen molar-refractivity contribution in [2.45, 2.75) is 38.1 Å². The number of rotatable bonds is 3. The molecule has 0 spiro atoms. The van der Waals surface area contributed by atoms with E-state index in [1.54, 1.807) is 31.2 Å². The summed E-state index contributed by atoms with van der Waals surface area (Å²) in [6.07, 6.45) is 3.30. The molecule has 7 heteroatoms. The van der Waals surface area contributed by atoms with E-state index in [4.69, 9.17) is 8.94 Å². The van der Waals surface area contributed by atoms with E-state index in [2.05, 4.69) is 15.5 Å². The molecule has 4 rings (SSSR count). The summed E-state index contributed by atoms with van der Waals surface area (Å²) in [5, 5.41) is 7.64. The van der Waals surface area contributed by atoms with Crippen molar-refractivity contribution in [3.05, 3.63) is 58.0 Å². The summed E-state index contributed by atoms with van der Waals surface area (Å²) in [5.74, 6) is 0.422. The predicted octanol–water partition coefficient (Wildman–Crippen LogP) is 2.68. The lowest BCUT2D eigenvalue weighted by atomic mass is 9.96. The highest BCUT2D eigenvalue weighted by molar-refractivity contribution is 5.97. The van der Waals surface area contributed by atoms with Gasteiger partial charge in [-0.15, -0.1) is 0 Å². The number of nitrogens with zero attached hydrogens (tertiary/aromatic N) is 2. The minimum absolute atomic E-state index is 0.0230. The van der Waals surface area contributed by atoms with E-state index in [1.807, 2.05) is 6.07 Å². The smallest absolute Gasteiger partial charge is 0.349 e. The van der Waals surface area contributed by atoms with Gasteiger partial charge in [-0.2, -0.15) is 4.98 Å². The van der Waals surface area contributed by atoms with E-state index in [0.717, 1.165) is 12.8 Å². The van der Waals surface area contributed by atoms with Crippen LogP contribution in [0.25, 0.3) is 11.0 Å². The zero-order chi connectivity index (χ0) is 17.4. The largest absolute Gasteiger partial charge is 0.422 e. The summed E-state index contributed by atoms with van der Waals surface area (Å²) in [7, 11) is 0. The van der Waals surface area contributed by atoms with E-state index < -0.39 is 17.1 Å². The molecule has 0 saturated heterocycles. The number of nitrogens with one attached hydrogen (secondary N) is 1. The van der Waals surface area contributed by atoms with Crippen LogP contribution in [0.2, 0.25) is 0 Å². The molecular weight excluding hydrogens is 322 g/mol. The van der Waals surface area contributed by atoms with E-state index in [0.29, 0.717) is 35.5 Å². The molecular formula is C18H17N3O4. The standard InChI is InChI=1S/C18H17N3O4/c1-11-19-17(21-25-11)18(8-4-5-9-18)20-15(22)13-10-12-6-2-3-7-14(12)24-16(13)23/h2-3,6-7,10H,4-5,8-9H2,1H3,(H,20,22). The molecule has 2 heterocycles. The maximum atomic E-state index is 12.8. The Labute approximate surface area is 143 Å². The zero-order valence-corrected chi connectivity index (χ0v) is 13.7. The number of benzene rings is 1. The Balaban J connectivity index is 1.71. The molecule has 1 N–H and O–H groups in total. The van der Waals surface area contributed by atoms with Gasteiger partial charge in [0.25, 0.3) is 5.91 Å². The maximum Gasteiger partial charge on any atom is 0.349 e. The Morgan fingerprint density at radius 1 is 1.24 bits per heavy atom. The summed E-state index contributed by atoms with van der Waals surface area (Å²) in [6, 6.07) is 8.64. The fourth-order valence-corrected chi connectivity index (χ4v) is 3.38. The third kappa shape index (κ3) is 2.71. The summed E-state index contributed by atoms with van der Waals surface area (Å²) in [4.78, 5) is 29.3. The van der Waals surface area contributed by atoms with Crippen LogP contribution in [0.1, 0.15) is 47.8 Å². The molecule has 1 fully saturated rings. The van der Waals surface area contributed by atoms with Crippen LogP contribution in [0.15, 0.2) is 44.1 Å². The molecule has 25 heavy (non-hydrogen) atoms. The molecule has 0 bridgehead atoms. The molecule has 1 amide bonds. The van der Waals surface area contributed by atoms with Gasteiger partial charge < -0.3 is 14.3 Å². The first-order chi connectivity index (χ1) is 12.1. The number of carbonyl (C=O) groups excluding carboxylic acids is 1. The molecule has 0 atom stereocenters. The zero-order valence-electron chi connectivity index (χ0n) is 13.7. The number of hydrogen-bond acceptors (Lipinski definition) is 6. The second kappa shape index (κ2) is 5.84. The van der Waals surface area contributed by atoms with Gasteiger partial charge >= 0.3 is 5.63 Å². The molecule has 2 aromatic heterocycles. The molecule has 1 aromatic carbocycles. The van der Waals surface area contributed by atoms with Crippen molar-refractivity contribution in [3.63, 3.8) is 0 Å². The third-order valence-corrected chi connectivity index (χ3v) is 4.65. The van der Waals surface area contributed by atoms with Crippen molar-refractivity contribution in [1.82, 2.24) is 15.5 Å². The van der Waals surface area contributed by atoms with Gasteiger partial charge in [0.1, 0.15) is 16.7 Å². The Morgan fingerprint density at radius 2 is 2.00 bits per heavy atom. The lowest BCUT2D eigenvalue weighted by Gasteiger charge is -2.26. The molecule has 0 aliphatic heterocycles. The first-order valence-electron chi connectivity index (χ1n) is 8.24. The quantitative estimate of drug-likeness (QED) is 0.737. The highest BCUT2D eigenvalue weighted by Gasteiger charge is 2.41. The Bertz CT molecular complexity index is 999. The molecule has 1 aliphatic rings. The van der Waals surface area contributed by atoms with Crippen molar-refractivity contribution in [1.29, 1.82) is 0 Å². The monoisotopic (exact) mass is 339 g/mol. The van der Waals surface area contributed by atoms with Crippen LogP contribution >= 0.6 is 0 Å². The number of carbonyl (C=O) groups is 1. The minimum atomic E-state index is -0.701. The number of amides is 1. The second-order valence-electron chi connectivity index (χ2n) is 6.37. The van der Waals surface area contributed by atoms with E-state index in [1.165, 1.54) is 0 Å². The van der Waals surface area contributed by atoms with Crippen LogP contribution in [-0.2, 0) is 5.54 Å². The van der Waals surface area contributed by atoms with Crippen molar-refractivity contribution in [3.8, 4) is 0 Å². The number of fused-ring (bicyclic) bond motifs is 1. The summed E-state index contributed by atoms with van der Waals surface area (Å²) in [5.41, 5.74) is -0.931. The van der Waals surface area contributed by atoms with Gasteiger partial charge in [0, 0.05) is 12.3 Å². The van der Waals surface area contributed by atoms with Gasteiger partial charge in [-0.25, -0.2) is 4.79 Å². The molecule has 128 valence electrons. The number of para-hydroxylation sites is 1. The predicted molar refractivity (Wildman–Crippen MR) is 89.1 cm³/mol. The summed E-state index contributed by atoms with van der Waals surface area (Å²) >= 11 is 0. The van der Waals surface area contributed by atoms with E-state index in [9.17, 15) is 9.59 Å². The first-order valence-corrected chi connectivity index (χ1v) is 8.24. The Hall–Kier alpha value is -2.96. The minimum Gasteiger partial charge on any atom is -0.422 e. The average Bonchev–Trinajstić information content (AvgIpc) is 3.24. The van der Waals surface area contributed by atoms with Gasteiger partial charge in [-0.1, -0.05) is 36.2 Å². The molecule has 7 nitrogen and oxygen atoms in total.